The Morgan fingerprint density at radius 1 is 1.23 bits per heavy atom. The van der Waals surface area contributed by atoms with E-state index in [1.54, 1.807) is 20.8 Å². The minimum atomic E-state index is -4.19. The molecular weight excluding hydrogens is 405 g/mol. The molecule has 1 aromatic rings. The van der Waals surface area contributed by atoms with Gasteiger partial charge in [0.15, 0.2) is 12.4 Å². The van der Waals surface area contributed by atoms with E-state index in [1.165, 1.54) is 19.1 Å². The minimum absolute atomic E-state index is 0.0153. The van der Waals surface area contributed by atoms with Crippen LogP contribution in [0.3, 0.4) is 0 Å². The van der Waals surface area contributed by atoms with Crippen LogP contribution in [0.2, 0.25) is 10.0 Å². The highest BCUT2D eigenvalue weighted by molar-refractivity contribution is 7.89. The number of ketones is 1. The molecule has 0 bridgehead atoms. The molecule has 0 spiro atoms. The van der Waals surface area contributed by atoms with Crippen LogP contribution in [0.15, 0.2) is 23.1 Å². The van der Waals surface area contributed by atoms with Crippen LogP contribution < -0.4 is 4.72 Å². The Bertz CT molecular complexity index is 786. The highest BCUT2D eigenvalue weighted by Gasteiger charge is 2.32. The smallest absolute Gasteiger partial charge is 0.327 e. The standard InChI is InChI=1S/C16H21Cl2NO6S/c1-9(20)14(15(22)25-8-13(21)16(2,3)4)19-26(23,24)10-5-6-11(17)12(18)7-10/h5-7,9,14,19-20H,8H2,1-4H3/t9-,14+/m1/s1. The molecule has 0 saturated carbocycles. The molecule has 0 saturated heterocycles. The van der Waals surface area contributed by atoms with Crippen molar-refractivity contribution in [1.29, 1.82) is 0 Å². The highest BCUT2D eigenvalue weighted by Crippen LogP contribution is 2.25. The van der Waals surface area contributed by atoms with Gasteiger partial charge in [-0.15, -0.1) is 0 Å². The monoisotopic (exact) mass is 425 g/mol. The number of nitrogens with one attached hydrogen (secondary N) is 1. The van der Waals surface area contributed by atoms with Crippen LogP contribution in [0.1, 0.15) is 27.7 Å². The number of rotatable bonds is 7. The molecule has 0 unspecified atom stereocenters. The summed E-state index contributed by atoms with van der Waals surface area (Å²) in [5, 5.41) is 9.94. The molecule has 0 aliphatic carbocycles. The summed E-state index contributed by atoms with van der Waals surface area (Å²) in [6, 6.07) is 2.00. The Morgan fingerprint density at radius 2 is 1.81 bits per heavy atom. The van der Waals surface area contributed by atoms with Gasteiger partial charge in [-0.05, 0) is 25.1 Å². The lowest BCUT2D eigenvalue weighted by Crippen LogP contribution is -2.49. The average Bonchev–Trinajstić information content (AvgIpc) is 2.51. The maximum atomic E-state index is 12.4. The molecule has 2 N–H and O–H groups in total. The van der Waals surface area contributed by atoms with Gasteiger partial charge < -0.3 is 9.84 Å². The van der Waals surface area contributed by atoms with Gasteiger partial charge >= 0.3 is 5.97 Å². The largest absolute Gasteiger partial charge is 0.456 e. The third-order valence-electron chi connectivity index (χ3n) is 3.40. The third-order valence-corrected chi connectivity index (χ3v) is 5.58. The van der Waals surface area contributed by atoms with E-state index in [1.807, 2.05) is 0 Å². The van der Waals surface area contributed by atoms with Crippen molar-refractivity contribution in [2.75, 3.05) is 6.61 Å². The number of aliphatic hydroxyl groups excluding tert-OH is 1. The molecule has 0 heterocycles. The van der Waals surface area contributed by atoms with E-state index in [0.717, 1.165) is 6.07 Å². The summed E-state index contributed by atoms with van der Waals surface area (Å²) < 4.78 is 31.7. The summed E-state index contributed by atoms with van der Waals surface area (Å²) in [5.74, 6) is -1.41. The van der Waals surface area contributed by atoms with Crippen LogP contribution in [-0.4, -0.2) is 44.0 Å². The van der Waals surface area contributed by atoms with Gasteiger partial charge in [-0.25, -0.2) is 8.42 Å². The summed E-state index contributed by atoms with van der Waals surface area (Å²) in [4.78, 5) is 23.7. The van der Waals surface area contributed by atoms with Gasteiger partial charge in [0.2, 0.25) is 10.0 Å². The Kier molecular flexibility index (Phi) is 7.62. The third kappa shape index (κ3) is 6.21. The van der Waals surface area contributed by atoms with Gasteiger partial charge in [-0.1, -0.05) is 44.0 Å². The van der Waals surface area contributed by atoms with Gasteiger partial charge in [-0.2, -0.15) is 4.72 Å². The SMILES string of the molecule is C[C@@H](O)[C@H](NS(=O)(=O)c1ccc(Cl)c(Cl)c1)C(=O)OCC(=O)C(C)(C)C. The Morgan fingerprint density at radius 3 is 2.27 bits per heavy atom. The number of benzene rings is 1. The molecule has 0 aromatic heterocycles. The van der Waals surface area contributed by atoms with E-state index in [0.29, 0.717) is 0 Å². The number of hydrogen-bond acceptors (Lipinski definition) is 6. The molecule has 26 heavy (non-hydrogen) atoms. The minimum Gasteiger partial charge on any atom is -0.456 e. The van der Waals surface area contributed by atoms with Crippen LogP contribution in [0, 0.1) is 5.41 Å². The van der Waals surface area contributed by atoms with Crippen LogP contribution in [-0.2, 0) is 24.3 Å². The van der Waals surface area contributed by atoms with Gasteiger partial charge in [0.25, 0.3) is 0 Å². The van der Waals surface area contributed by atoms with Crippen LogP contribution in [0.25, 0.3) is 0 Å². The summed E-state index contributed by atoms with van der Waals surface area (Å²) in [5.41, 5.74) is -0.722. The number of hydrogen-bond donors (Lipinski definition) is 2. The first-order chi connectivity index (χ1) is 11.8. The first-order valence-electron chi connectivity index (χ1n) is 7.61. The predicted molar refractivity (Wildman–Crippen MR) is 97.7 cm³/mol. The van der Waals surface area contributed by atoms with Gasteiger partial charge in [-0.3, -0.25) is 9.59 Å². The lowest BCUT2D eigenvalue weighted by molar-refractivity contribution is -0.153. The first-order valence-corrected chi connectivity index (χ1v) is 9.85. The summed E-state index contributed by atoms with van der Waals surface area (Å²) in [6.07, 6.45) is -1.40. The molecule has 0 fully saturated rings. The molecular formula is C16H21Cl2NO6S. The summed E-state index contributed by atoms with van der Waals surface area (Å²) >= 11 is 11.6. The number of carbonyl (C=O) groups is 2. The zero-order valence-electron chi connectivity index (χ0n) is 14.7. The van der Waals surface area contributed by atoms with Crippen molar-refractivity contribution in [2.45, 2.75) is 44.7 Å². The van der Waals surface area contributed by atoms with Crippen molar-refractivity contribution >= 4 is 45.0 Å². The second kappa shape index (κ2) is 8.67. The van der Waals surface area contributed by atoms with E-state index in [9.17, 15) is 23.1 Å². The molecule has 0 aliphatic heterocycles. The first kappa shape index (κ1) is 22.9. The molecule has 1 rings (SSSR count). The van der Waals surface area contributed by atoms with Crippen LogP contribution in [0.4, 0.5) is 0 Å². The fourth-order valence-electron chi connectivity index (χ4n) is 1.67. The Hall–Kier alpha value is -1.19. The average molecular weight is 426 g/mol. The van der Waals surface area contributed by atoms with Crippen molar-refractivity contribution in [3.05, 3.63) is 28.2 Å². The molecule has 0 aliphatic rings. The number of aliphatic hydroxyl groups is 1. The Labute approximate surface area is 162 Å². The highest BCUT2D eigenvalue weighted by atomic mass is 35.5. The van der Waals surface area contributed by atoms with Crippen LogP contribution >= 0.6 is 23.2 Å². The van der Waals surface area contributed by atoms with E-state index < -0.39 is 40.2 Å². The quantitative estimate of drug-likeness (QED) is 0.647. The van der Waals surface area contributed by atoms with Crippen molar-refractivity contribution in [2.24, 2.45) is 5.41 Å². The molecule has 1 aromatic carbocycles. The second-order valence-electron chi connectivity index (χ2n) is 6.70. The maximum absolute atomic E-state index is 12.4. The summed E-state index contributed by atoms with van der Waals surface area (Å²) in [6.45, 7) is 5.65. The number of halogens is 2. The number of esters is 1. The number of carbonyl (C=O) groups excluding carboxylic acids is 2. The zero-order valence-corrected chi connectivity index (χ0v) is 17.1. The lowest BCUT2D eigenvalue weighted by atomic mass is 9.91. The van der Waals surface area contributed by atoms with Gasteiger partial charge in [0, 0.05) is 5.41 Å². The topological polar surface area (TPSA) is 110 Å². The molecule has 10 heteroatoms. The predicted octanol–water partition coefficient (Wildman–Crippen LogP) is 2.18. The lowest BCUT2D eigenvalue weighted by Gasteiger charge is -2.21. The van der Waals surface area contributed by atoms with Crippen molar-refractivity contribution in [3.8, 4) is 0 Å². The van der Waals surface area contributed by atoms with E-state index in [-0.39, 0.29) is 20.7 Å². The van der Waals surface area contributed by atoms with Crippen molar-refractivity contribution in [3.63, 3.8) is 0 Å². The number of Topliss-reactive ketones (excluding diaryl/α,β-unsaturated/α-hetero) is 1. The number of sulfonamides is 1. The van der Waals surface area contributed by atoms with Crippen molar-refractivity contribution < 1.29 is 27.9 Å². The fraction of sp³-hybridized carbons (Fsp3) is 0.500. The number of ether oxygens (including phenoxy) is 1. The van der Waals surface area contributed by atoms with Gasteiger partial charge in [0.1, 0.15) is 6.04 Å². The zero-order chi connectivity index (χ0) is 20.3. The van der Waals surface area contributed by atoms with Crippen molar-refractivity contribution in [1.82, 2.24) is 4.72 Å². The molecule has 146 valence electrons. The molecule has 0 amide bonds. The molecule has 7 nitrogen and oxygen atoms in total. The van der Waals surface area contributed by atoms with E-state index in [4.69, 9.17) is 27.9 Å². The molecule has 2 atom stereocenters. The summed E-state index contributed by atoms with van der Waals surface area (Å²) in [7, 11) is -4.19. The molecule has 0 radical (unpaired) electrons. The second-order valence-corrected chi connectivity index (χ2v) is 9.22. The van der Waals surface area contributed by atoms with E-state index >= 15 is 0 Å². The van der Waals surface area contributed by atoms with Crippen LogP contribution in [0.5, 0.6) is 0 Å². The maximum Gasteiger partial charge on any atom is 0.327 e. The van der Waals surface area contributed by atoms with E-state index in [2.05, 4.69) is 4.72 Å². The normalized spacial score (nSPS) is 14.6. The fourth-order valence-corrected chi connectivity index (χ4v) is 3.31. The Balaban J connectivity index is 2.94. The van der Waals surface area contributed by atoms with Gasteiger partial charge in [0.05, 0.1) is 21.0 Å².